The molecule has 3 atom stereocenters. The van der Waals surface area contributed by atoms with Gasteiger partial charge in [-0.1, -0.05) is 49.6 Å². The van der Waals surface area contributed by atoms with E-state index in [0.29, 0.717) is 12.5 Å². The molecule has 0 spiro atoms. The molecule has 0 fully saturated rings. The second-order valence-corrected chi connectivity index (χ2v) is 6.68. The van der Waals surface area contributed by atoms with Gasteiger partial charge in [-0.2, -0.15) is 0 Å². The van der Waals surface area contributed by atoms with Crippen LogP contribution < -0.4 is 0 Å². The van der Waals surface area contributed by atoms with Crippen LogP contribution in [0.3, 0.4) is 0 Å². The molecule has 25 heavy (non-hydrogen) atoms. The van der Waals surface area contributed by atoms with Crippen LogP contribution in [0.4, 0.5) is 0 Å². The van der Waals surface area contributed by atoms with Crippen LogP contribution in [0, 0.1) is 11.8 Å². The average molecular weight is 350 g/mol. The van der Waals surface area contributed by atoms with Gasteiger partial charge in [0.1, 0.15) is 0 Å². The van der Waals surface area contributed by atoms with Gasteiger partial charge in [0, 0.05) is 18.6 Å². The number of carbonyl (C=O) groups is 1. The van der Waals surface area contributed by atoms with E-state index in [0.717, 1.165) is 57.8 Å². The molecule has 0 aliphatic heterocycles. The second kappa shape index (κ2) is 13.9. The maximum atomic E-state index is 11.0. The molecule has 1 rings (SSSR count). The lowest BCUT2D eigenvalue weighted by Gasteiger charge is -2.19. The summed E-state index contributed by atoms with van der Waals surface area (Å²) in [7, 11) is 1.38. The Morgan fingerprint density at radius 2 is 1.76 bits per heavy atom. The van der Waals surface area contributed by atoms with Gasteiger partial charge in [-0.3, -0.25) is 0 Å². The van der Waals surface area contributed by atoms with Crippen molar-refractivity contribution in [2.75, 3.05) is 13.7 Å². The number of carbonyl (C=O) groups excluding carboxylic acids is 1. The van der Waals surface area contributed by atoms with Crippen molar-refractivity contribution in [1.29, 1.82) is 0 Å². The molecule has 142 valence electrons. The highest BCUT2D eigenvalue weighted by molar-refractivity contribution is 5.81. The molecule has 0 radical (unpaired) electrons. The lowest BCUT2D eigenvalue weighted by atomic mass is 9.88. The number of ether oxygens (including phenoxy) is 1. The highest BCUT2D eigenvalue weighted by Gasteiger charge is 2.27. The molecule has 4 nitrogen and oxygen atoms in total. The van der Waals surface area contributed by atoms with Crippen molar-refractivity contribution in [3.63, 3.8) is 0 Å². The third-order valence-electron chi connectivity index (χ3n) is 4.71. The predicted molar refractivity (Wildman–Crippen MR) is 101 cm³/mol. The van der Waals surface area contributed by atoms with E-state index >= 15 is 0 Å². The molecular weight excluding hydrogens is 316 g/mol. The van der Waals surface area contributed by atoms with Crippen LogP contribution in [0.25, 0.3) is 0 Å². The van der Waals surface area contributed by atoms with Crippen LogP contribution in [-0.2, 0) is 9.53 Å². The molecule has 0 saturated carbocycles. The summed E-state index contributed by atoms with van der Waals surface area (Å²) in [5.41, 5.74) is 0. The molecule has 0 amide bonds. The monoisotopic (exact) mass is 350 g/mol. The summed E-state index contributed by atoms with van der Waals surface area (Å²) < 4.78 is 4.55. The van der Waals surface area contributed by atoms with Crippen LogP contribution in [0.15, 0.2) is 36.5 Å². The number of aliphatic hydroxyl groups excluding tert-OH is 2. The van der Waals surface area contributed by atoms with E-state index in [1.807, 2.05) is 12.2 Å². The first-order valence-corrected chi connectivity index (χ1v) is 9.57. The highest BCUT2D eigenvalue weighted by Crippen LogP contribution is 2.31. The normalized spacial score (nSPS) is 23.1. The quantitative estimate of drug-likeness (QED) is 0.228. The van der Waals surface area contributed by atoms with Crippen LogP contribution in [-0.4, -0.2) is 36.0 Å². The summed E-state index contributed by atoms with van der Waals surface area (Å²) in [5, 5.41) is 18.9. The maximum absolute atomic E-state index is 11.0. The average Bonchev–Trinajstić information content (AvgIpc) is 2.97. The molecular formula is C21H34O4. The number of methoxy groups -OCH3 is 1. The number of hydrogen-bond acceptors (Lipinski definition) is 4. The summed E-state index contributed by atoms with van der Waals surface area (Å²) in [6.45, 7) is 0.292. The van der Waals surface area contributed by atoms with Crippen LogP contribution in [0.1, 0.15) is 57.8 Å². The van der Waals surface area contributed by atoms with Crippen molar-refractivity contribution >= 4 is 5.97 Å². The summed E-state index contributed by atoms with van der Waals surface area (Å²) in [6.07, 6.45) is 20.8. The van der Waals surface area contributed by atoms with Crippen molar-refractivity contribution in [3.8, 4) is 0 Å². The first-order chi connectivity index (χ1) is 12.2. The largest absolute Gasteiger partial charge is 0.466 e. The van der Waals surface area contributed by atoms with E-state index in [2.05, 4.69) is 23.0 Å². The standard InChI is InChI=1S/C21H34O4/c1-25-21(24)14-10-6-5-9-13-19-18(15-16-20(19)23)12-8-4-2-3-7-11-17-22/h8,10,12,14-16,18-20,22-23H,2-7,9,11,13,17H2,1H3/b12-8?,14-10-/t18-,19?,20-/m1/s1. The Morgan fingerprint density at radius 3 is 2.52 bits per heavy atom. The van der Waals surface area contributed by atoms with E-state index in [1.54, 1.807) is 0 Å². The Balaban J connectivity index is 2.21. The van der Waals surface area contributed by atoms with Gasteiger partial charge in [0.05, 0.1) is 13.2 Å². The summed E-state index contributed by atoms with van der Waals surface area (Å²) in [5.74, 6) is 0.297. The Labute approximate surface area is 152 Å². The molecule has 0 aromatic rings. The Bertz CT molecular complexity index is 439. The van der Waals surface area contributed by atoms with Gasteiger partial charge in [0.25, 0.3) is 0 Å². The van der Waals surface area contributed by atoms with Gasteiger partial charge >= 0.3 is 5.97 Å². The Hall–Kier alpha value is -1.39. The zero-order valence-electron chi connectivity index (χ0n) is 15.5. The molecule has 0 saturated heterocycles. The third-order valence-corrected chi connectivity index (χ3v) is 4.71. The van der Waals surface area contributed by atoms with Gasteiger partial charge in [-0.05, 0) is 44.4 Å². The minimum atomic E-state index is -0.343. The smallest absolute Gasteiger partial charge is 0.330 e. The van der Waals surface area contributed by atoms with Gasteiger partial charge in [0.15, 0.2) is 0 Å². The van der Waals surface area contributed by atoms with Crippen LogP contribution >= 0.6 is 0 Å². The van der Waals surface area contributed by atoms with E-state index in [4.69, 9.17) is 5.11 Å². The SMILES string of the molecule is COC(=O)/C=C\CCCCC1[C@H](C=CCCCCCCO)C=C[C@H]1O. The van der Waals surface area contributed by atoms with Crippen molar-refractivity contribution in [2.24, 2.45) is 11.8 Å². The van der Waals surface area contributed by atoms with Gasteiger partial charge in [0.2, 0.25) is 0 Å². The number of hydrogen-bond donors (Lipinski definition) is 2. The van der Waals surface area contributed by atoms with Crippen LogP contribution in [0.2, 0.25) is 0 Å². The molecule has 1 aliphatic carbocycles. The maximum Gasteiger partial charge on any atom is 0.330 e. The topological polar surface area (TPSA) is 66.8 Å². The number of esters is 1. The fraction of sp³-hybridized carbons (Fsp3) is 0.667. The first kappa shape index (κ1) is 21.7. The van der Waals surface area contributed by atoms with Crippen molar-refractivity contribution in [3.05, 3.63) is 36.5 Å². The van der Waals surface area contributed by atoms with Crippen molar-refractivity contribution in [2.45, 2.75) is 63.9 Å². The Kier molecular flexibility index (Phi) is 12.0. The van der Waals surface area contributed by atoms with Crippen molar-refractivity contribution < 1.29 is 19.7 Å². The zero-order chi connectivity index (χ0) is 18.3. The molecule has 4 heteroatoms. The van der Waals surface area contributed by atoms with E-state index in [1.165, 1.54) is 13.2 Å². The van der Waals surface area contributed by atoms with Gasteiger partial charge in [-0.25, -0.2) is 4.79 Å². The highest BCUT2D eigenvalue weighted by atomic mass is 16.5. The fourth-order valence-electron chi connectivity index (χ4n) is 3.20. The molecule has 0 aromatic heterocycles. The third kappa shape index (κ3) is 9.61. The number of aliphatic hydroxyl groups is 2. The van der Waals surface area contributed by atoms with Gasteiger partial charge in [-0.15, -0.1) is 0 Å². The second-order valence-electron chi connectivity index (χ2n) is 6.68. The minimum Gasteiger partial charge on any atom is -0.466 e. The van der Waals surface area contributed by atoms with Crippen LogP contribution in [0.5, 0.6) is 0 Å². The van der Waals surface area contributed by atoms with E-state index in [-0.39, 0.29) is 18.0 Å². The molecule has 0 aromatic carbocycles. The molecule has 0 bridgehead atoms. The lowest BCUT2D eigenvalue weighted by molar-refractivity contribution is -0.134. The lowest BCUT2D eigenvalue weighted by Crippen LogP contribution is -2.19. The predicted octanol–water partition coefficient (Wildman–Crippen LogP) is 3.94. The molecule has 1 unspecified atom stereocenters. The van der Waals surface area contributed by atoms with Gasteiger partial charge < -0.3 is 14.9 Å². The number of rotatable bonds is 13. The van der Waals surface area contributed by atoms with E-state index in [9.17, 15) is 9.90 Å². The number of unbranched alkanes of at least 4 members (excludes halogenated alkanes) is 6. The number of allylic oxidation sites excluding steroid dienone is 4. The molecule has 2 N–H and O–H groups in total. The summed E-state index contributed by atoms with van der Waals surface area (Å²) in [6, 6.07) is 0. The first-order valence-electron chi connectivity index (χ1n) is 9.57. The fourth-order valence-corrected chi connectivity index (χ4v) is 3.20. The molecule has 0 heterocycles. The van der Waals surface area contributed by atoms with Crippen molar-refractivity contribution in [1.82, 2.24) is 0 Å². The minimum absolute atomic E-state index is 0.273. The summed E-state index contributed by atoms with van der Waals surface area (Å²) in [4.78, 5) is 11.0. The molecule has 1 aliphatic rings. The Morgan fingerprint density at radius 1 is 1.04 bits per heavy atom. The summed E-state index contributed by atoms with van der Waals surface area (Å²) >= 11 is 0. The zero-order valence-corrected chi connectivity index (χ0v) is 15.5. The van der Waals surface area contributed by atoms with E-state index < -0.39 is 0 Å².